The second-order valence-corrected chi connectivity index (χ2v) is 6.66. The van der Waals surface area contributed by atoms with Crippen molar-refractivity contribution in [1.82, 2.24) is 20.2 Å². The molecule has 2 amide bonds. The zero-order valence-corrected chi connectivity index (χ0v) is 14.4. The summed E-state index contributed by atoms with van der Waals surface area (Å²) < 4.78 is 5.02. The molecule has 1 saturated heterocycles. The number of piperidine rings is 1. The van der Waals surface area contributed by atoms with E-state index < -0.39 is 0 Å². The minimum absolute atomic E-state index is 0.0143. The number of rotatable bonds is 3. The zero-order valence-electron chi connectivity index (χ0n) is 14.4. The fraction of sp³-hybridized carbons (Fsp3) is 0.706. The second kappa shape index (κ2) is 7.23. The van der Waals surface area contributed by atoms with Gasteiger partial charge in [0.2, 0.25) is 5.91 Å². The highest BCUT2D eigenvalue weighted by Crippen LogP contribution is 2.24. The molecular formula is C17H26N4O3. The van der Waals surface area contributed by atoms with Crippen LogP contribution in [0.4, 0.5) is 4.79 Å². The molecule has 7 heteroatoms. The molecule has 1 unspecified atom stereocenters. The predicted octanol–water partition coefficient (Wildman–Crippen LogP) is 1.56. The third-order valence-corrected chi connectivity index (χ3v) is 4.90. The molecule has 0 spiro atoms. The second-order valence-electron chi connectivity index (χ2n) is 6.66. The number of aryl methyl sites for hydroxylation is 2. The molecule has 1 aliphatic heterocycles. The van der Waals surface area contributed by atoms with E-state index in [0.29, 0.717) is 19.7 Å². The number of nitrogens with zero attached hydrogens (tertiary/aromatic N) is 2. The normalized spacial score (nSPS) is 21.2. The van der Waals surface area contributed by atoms with E-state index in [2.05, 4.69) is 15.3 Å². The van der Waals surface area contributed by atoms with Gasteiger partial charge in [-0.1, -0.05) is 0 Å². The van der Waals surface area contributed by atoms with E-state index in [4.69, 9.17) is 4.74 Å². The number of fused-ring (bicyclic) bond motifs is 1. The van der Waals surface area contributed by atoms with E-state index >= 15 is 0 Å². The van der Waals surface area contributed by atoms with Crippen LogP contribution in [0.25, 0.3) is 0 Å². The molecule has 1 aliphatic carbocycles. The highest BCUT2D eigenvalue weighted by atomic mass is 16.6. The van der Waals surface area contributed by atoms with Gasteiger partial charge in [-0.2, -0.15) is 0 Å². The first-order valence-corrected chi connectivity index (χ1v) is 8.83. The lowest BCUT2D eigenvalue weighted by Gasteiger charge is -2.32. The minimum atomic E-state index is -0.253. The van der Waals surface area contributed by atoms with Crippen LogP contribution in [0, 0.1) is 12.8 Å². The van der Waals surface area contributed by atoms with E-state index in [-0.39, 0.29) is 24.0 Å². The van der Waals surface area contributed by atoms with E-state index in [1.54, 1.807) is 4.90 Å². The highest BCUT2D eigenvalue weighted by molar-refractivity contribution is 5.79. The number of hydrogen-bond donors (Lipinski definition) is 2. The Morgan fingerprint density at radius 2 is 2.08 bits per heavy atom. The van der Waals surface area contributed by atoms with Gasteiger partial charge in [-0.15, -0.1) is 0 Å². The van der Waals surface area contributed by atoms with E-state index in [9.17, 15) is 9.59 Å². The summed E-state index contributed by atoms with van der Waals surface area (Å²) in [4.78, 5) is 33.7. The molecule has 0 saturated carbocycles. The maximum Gasteiger partial charge on any atom is 0.409 e. The Morgan fingerprint density at radius 1 is 1.33 bits per heavy atom. The molecule has 1 atom stereocenters. The molecule has 2 N–H and O–H groups in total. The van der Waals surface area contributed by atoms with Crippen LogP contribution < -0.4 is 5.32 Å². The first-order valence-electron chi connectivity index (χ1n) is 8.83. The molecular weight excluding hydrogens is 308 g/mol. The number of carbonyl (C=O) groups excluding carboxylic acids is 2. The number of aromatic nitrogens is 2. The molecule has 1 fully saturated rings. The Balaban J connectivity index is 1.47. The Hall–Kier alpha value is -2.05. The lowest BCUT2D eigenvalue weighted by atomic mass is 9.88. The van der Waals surface area contributed by atoms with Crippen molar-refractivity contribution >= 4 is 12.0 Å². The van der Waals surface area contributed by atoms with Gasteiger partial charge < -0.3 is 19.9 Å². The molecule has 132 valence electrons. The lowest BCUT2D eigenvalue weighted by molar-refractivity contribution is -0.126. The van der Waals surface area contributed by atoms with E-state index in [1.807, 2.05) is 13.8 Å². The standard InChI is InChI=1S/C17H26N4O3/c1-3-24-17(23)21-8-6-13(7-9-21)20-16(22)12-4-5-14-15(10-12)19-11(2)18-14/h12-13H,3-10H2,1-2H3,(H,18,19)(H,20,22). The third kappa shape index (κ3) is 3.71. The number of aromatic amines is 1. The van der Waals surface area contributed by atoms with Gasteiger partial charge >= 0.3 is 6.09 Å². The van der Waals surface area contributed by atoms with Gasteiger partial charge in [-0.25, -0.2) is 9.78 Å². The Labute approximate surface area is 142 Å². The molecule has 2 aliphatic rings. The van der Waals surface area contributed by atoms with Gasteiger partial charge in [0.1, 0.15) is 5.82 Å². The number of ether oxygens (including phenoxy) is 1. The first-order chi connectivity index (χ1) is 11.6. The minimum Gasteiger partial charge on any atom is -0.450 e. The first kappa shape index (κ1) is 16.8. The summed E-state index contributed by atoms with van der Waals surface area (Å²) in [5.41, 5.74) is 2.22. The summed E-state index contributed by atoms with van der Waals surface area (Å²) in [6.07, 6.45) is 3.77. The number of nitrogens with one attached hydrogen (secondary N) is 2. The van der Waals surface area contributed by atoms with Crippen molar-refractivity contribution in [3.63, 3.8) is 0 Å². The van der Waals surface area contributed by atoms with Crippen LogP contribution in [-0.2, 0) is 22.4 Å². The Morgan fingerprint density at radius 3 is 2.79 bits per heavy atom. The average Bonchev–Trinajstić information content (AvgIpc) is 2.94. The lowest BCUT2D eigenvalue weighted by Crippen LogP contribution is -2.48. The van der Waals surface area contributed by atoms with Crippen LogP contribution in [0.2, 0.25) is 0 Å². The van der Waals surface area contributed by atoms with Gasteiger partial charge in [-0.05, 0) is 39.5 Å². The molecule has 7 nitrogen and oxygen atoms in total. The van der Waals surface area contributed by atoms with Gasteiger partial charge in [-0.3, -0.25) is 4.79 Å². The smallest absolute Gasteiger partial charge is 0.409 e. The molecule has 0 radical (unpaired) electrons. The van der Waals surface area contributed by atoms with Crippen LogP contribution in [0.15, 0.2) is 0 Å². The number of imidazole rings is 1. The SMILES string of the molecule is CCOC(=O)N1CCC(NC(=O)C2CCc3nc(C)[nH]c3C2)CC1. The summed E-state index contributed by atoms with van der Waals surface area (Å²) >= 11 is 0. The van der Waals surface area contributed by atoms with Crippen LogP contribution >= 0.6 is 0 Å². The largest absolute Gasteiger partial charge is 0.450 e. The Bertz CT molecular complexity index is 605. The maximum atomic E-state index is 12.6. The van der Waals surface area contributed by atoms with Crippen molar-refractivity contribution in [3.05, 3.63) is 17.2 Å². The molecule has 24 heavy (non-hydrogen) atoms. The van der Waals surface area contributed by atoms with Crippen molar-refractivity contribution in [2.24, 2.45) is 5.92 Å². The number of carbonyl (C=O) groups is 2. The van der Waals surface area contributed by atoms with Gasteiger partial charge in [0.15, 0.2) is 0 Å². The predicted molar refractivity (Wildman–Crippen MR) is 88.6 cm³/mol. The summed E-state index contributed by atoms with van der Waals surface area (Å²) in [5.74, 6) is 1.07. The Kier molecular flexibility index (Phi) is 5.06. The summed E-state index contributed by atoms with van der Waals surface area (Å²) in [6.45, 7) is 5.43. The third-order valence-electron chi connectivity index (χ3n) is 4.90. The van der Waals surface area contributed by atoms with E-state index in [0.717, 1.165) is 49.3 Å². The fourth-order valence-electron chi connectivity index (χ4n) is 3.59. The molecule has 0 bridgehead atoms. The highest BCUT2D eigenvalue weighted by Gasteiger charge is 2.30. The molecule has 1 aromatic heterocycles. The molecule has 0 aromatic carbocycles. The van der Waals surface area contributed by atoms with Crippen LogP contribution in [0.5, 0.6) is 0 Å². The summed E-state index contributed by atoms with van der Waals surface area (Å²) in [7, 11) is 0. The van der Waals surface area contributed by atoms with Crippen molar-refractivity contribution < 1.29 is 14.3 Å². The fourth-order valence-corrected chi connectivity index (χ4v) is 3.59. The van der Waals surface area contributed by atoms with E-state index in [1.165, 1.54) is 0 Å². The van der Waals surface area contributed by atoms with Crippen molar-refractivity contribution in [2.45, 2.75) is 52.0 Å². The number of amides is 2. The molecule has 3 rings (SSSR count). The monoisotopic (exact) mass is 334 g/mol. The van der Waals surface area contributed by atoms with Gasteiger partial charge in [0.05, 0.1) is 12.3 Å². The maximum absolute atomic E-state index is 12.6. The van der Waals surface area contributed by atoms with Crippen LogP contribution in [-0.4, -0.2) is 52.6 Å². The quantitative estimate of drug-likeness (QED) is 0.878. The summed E-state index contributed by atoms with van der Waals surface area (Å²) in [6, 6.07) is 0.146. The zero-order chi connectivity index (χ0) is 17.1. The molecule has 2 heterocycles. The van der Waals surface area contributed by atoms with Crippen molar-refractivity contribution in [2.75, 3.05) is 19.7 Å². The van der Waals surface area contributed by atoms with Gasteiger partial charge in [0.25, 0.3) is 0 Å². The number of H-pyrrole nitrogens is 1. The average molecular weight is 334 g/mol. The number of likely N-dealkylation sites (tertiary alicyclic amines) is 1. The van der Waals surface area contributed by atoms with Crippen LogP contribution in [0.1, 0.15) is 43.4 Å². The van der Waals surface area contributed by atoms with Crippen molar-refractivity contribution in [3.8, 4) is 0 Å². The van der Waals surface area contributed by atoms with Crippen LogP contribution in [0.3, 0.4) is 0 Å². The summed E-state index contributed by atoms with van der Waals surface area (Å²) in [5, 5.41) is 3.17. The van der Waals surface area contributed by atoms with Gasteiger partial charge in [0, 0.05) is 37.2 Å². The van der Waals surface area contributed by atoms with Crippen molar-refractivity contribution in [1.29, 1.82) is 0 Å². The topological polar surface area (TPSA) is 87.3 Å². The number of hydrogen-bond acceptors (Lipinski definition) is 4. The molecule has 1 aromatic rings.